The first-order valence-corrected chi connectivity index (χ1v) is 10.3. The van der Waals surface area contributed by atoms with Gasteiger partial charge in [-0.25, -0.2) is 5.43 Å². The van der Waals surface area contributed by atoms with Crippen molar-refractivity contribution < 1.29 is 32.2 Å². The van der Waals surface area contributed by atoms with Crippen LogP contribution >= 0.6 is 11.3 Å². The Kier molecular flexibility index (Phi) is 7.14. The fourth-order valence-electron chi connectivity index (χ4n) is 2.99. The summed E-state index contributed by atoms with van der Waals surface area (Å²) in [5.41, 5.74) is 0.907. The molecule has 1 heterocycles. The Bertz CT molecular complexity index is 1170. The molecule has 2 aromatic carbocycles. The van der Waals surface area contributed by atoms with Crippen molar-refractivity contribution in [3.05, 3.63) is 59.0 Å². The fourth-order valence-corrected chi connectivity index (χ4v) is 3.94. The van der Waals surface area contributed by atoms with E-state index in [2.05, 4.69) is 5.10 Å². The predicted octanol–water partition coefficient (Wildman–Crippen LogP) is 4.96. The molecule has 0 aliphatic heterocycles. The molecule has 0 fully saturated rings. The Morgan fingerprint density at radius 3 is 2.44 bits per heavy atom. The van der Waals surface area contributed by atoms with E-state index < -0.39 is 17.8 Å². The third-order valence-electron chi connectivity index (χ3n) is 4.58. The number of nitrogens with one attached hydrogen (secondary N) is 1. The van der Waals surface area contributed by atoms with Crippen molar-refractivity contribution >= 4 is 38.8 Å². The summed E-state index contributed by atoms with van der Waals surface area (Å²) < 4.78 is 51.6. The van der Waals surface area contributed by atoms with E-state index in [4.69, 9.17) is 9.47 Å². The van der Waals surface area contributed by atoms with Gasteiger partial charge in [-0.3, -0.25) is 9.59 Å². The van der Waals surface area contributed by atoms with Gasteiger partial charge in [0.15, 0.2) is 23.0 Å². The number of benzene rings is 2. The second kappa shape index (κ2) is 9.82. The molecule has 0 atom stereocenters. The van der Waals surface area contributed by atoms with E-state index in [1.165, 1.54) is 31.7 Å². The van der Waals surface area contributed by atoms with Gasteiger partial charge in [-0.15, -0.1) is 11.3 Å². The third-order valence-corrected chi connectivity index (χ3v) is 5.55. The number of Topliss-reactive ketones (excluding diaryl/α,β-unsaturated/α-hetero) is 1. The largest absolute Gasteiger partial charge is 0.493 e. The van der Waals surface area contributed by atoms with Crippen LogP contribution in [0, 0.1) is 0 Å². The van der Waals surface area contributed by atoms with Crippen LogP contribution in [0.5, 0.6) is 11.5 Å². The summed E-state index contributed by atoms with van der Waals surface area (Å²) in [5, 5.41) is 5.08. The maximum atomic E-state index is 13.6. The van der Waals surface area contributed by atoms with E-state index in [0.29, 0.717) is 27.1 Å². The molecule has 0 unspecified atom stereocenters. The normalized spacial score (nSPS) is 12.0. The minimum Gasteiger partial charge on any atom is -0.493 e. The third kappa shape index (κ3) is 5.25. The van der Waals surface area contributed by atoms with Crippen LogP contribution in [0.2, 0.25) is 0 Å². The van der Waals surface area contributed by atoms with E-state index >= 15 is 0 Å². The van der Waals surface area contributed by atoms with E-state index in [0.717, 1.165) is 11.3 Å². The molecule has 0 bridgehead atoms. The predicted molar refractivity (Wildman–Crippen MR) is 116 cm³/mol. The zero-order valence-electron chi connectivity index (χ0n) is 17.2. The highest BCUT2D eigenvalue weighted by molar-refractivity contribution is 7.17. The molecule has 6 nitrogen and oxygen atoms in total. The SMILES string of the molecule is COc1ccc(C(=O)CCC(=O)N/N=C(/c2csc3ccccc23)C(F)(F)F)cc1OC. The lowest BCUT2D eigenvalue weighted by molar-refractivity contribution is -0.121. The van der Waals surface area contributed by atoms with Gasteiger partial charge in [-0.2, -0.15) is 18.3 Å². The number of hydrogen-bond donors (Lipinski definition) is 1. The van der Waals surface area contributed by atoms with Crippen molar-refractivity contribution in [2.24, 2.45) is 5.10 Å². The van der Waals surface area contributed by atoms with E-state index in [9.17, 15) is 22.8 Å². The number of alkyl halides is 3. The first-order valence-electron chi connectivity index (χ1n) is 9.40. The second-order valence-corrected chi connectivity index (χ2v) is 7.54. The molecule has 32 heavy (non-hydrogen) atoms. The Morgan fingerprint density at radius 2 is 1.75 bits per heavy atom. The van der Waals surface area contributed by atoms with Crippen molar-refractivity contribution in [2.75, 3.05) is 14.2 Å². The summed E-state index contributed by atoms with van der Waals surface area (Å²) in [6.45, 7) is 0. The quantitative estimate of drug-likeness (QED) is 0.290. The number of amides is 1. The molecule has 168 valence electrons. The molecule has 0 radical (unpaired) electrons. The number of ketones is 1. The van der Waals surface area contributed by atoms with Crippen LogP contribution in [0.15, 0.2) is 52.9 Å². The summed E-state index contributed by atoms with van der Waals surface area (Å²) in [4.78, 5) is 24.4. The van der Waals surface area contributed by atoms with Gasteiger partial charge in [-0.1, -0.05) is 18.2 Å². The van der Waals surface area contributed by atoms with Crippen LogP contribution in [0.1, 0.15) is 28.8 Å². The van der Waals surface area contributed by atoms with Gasteiger partial charge in [0.2, 0.25) is 5.91 Å². The molecule has 10 heteroatoms. The molecular weight excluding hydrogens is 445 g/mol. The number of carbonyl (C=O) groups is 2. The topological polar surface area (TPSA) is 77.0 Å². The van der Waals surface area contributed by atoms with Crippen LogP contribution in [0.4, 0.5) is 13.2 Å². The van der Waals surface area contributed by atoms with E-state index in [1.54, 1.807) is 30.3 Å². The van der Waals surface area contributed by atoms with Crippen molar-refractivity contribution in [1.29, 1.82) is 0 Å². The number of nitrogens with zero attached hydrogens (tertiary/aromatic N) is 1. The molecule has 0 aliphatic rings. The Labute approximate surface area is 185 Å². The summed E-state index contributed by atoms with van der Waals surface area (Å²) in [7, 11) is 2.88. The van der Waals surface area contributed by atoms with Gasteiger partial charge in [0, 0.05) is 39.4 Å². The fraction of sp³-hybridized carbons (Fsp3) is 0.227. The Balaban J connectivity index is 1.69. The van der Waals surface area contributed by atoms with Crippen LogP contribution < -0.4 is 14.9 Å². The zero-order valence-corrected chi connectivity index (χ0v) is 18.0. The van der Waals surface area contributed by atoms with E-state index in [1.807, 2.05) is 5.43 Å². The monoisotopic (exact) mass is 464 g/mol. The smallest absolute Gasteiger partial charge is 0.435 e. The summed E-state index contributed by atoms with van der Waals surface area (Å²) in [5.74, 6) is -0.382. The highest BCUT2D eigenvalue weighted by Crippen LogP contribution is 2.32. The molecule has 1 aromatic heterocycles. The molecule has 0 saturated heterocycles. The van der Waals surface area contributed by atoms with Gasteiger partial charge < -0.3 is 9.47 Å². The number of fused-ring (bicyclic) bond motifs is 1. The molecule has 1 amide bonds. The van der Waals surface area contributed by atoms with Gasteiger partial charge in [0.25, 0.3) is 0 Å². The summed E-state index contributed by atoms with van der Waals surface area (Å²) >= 11 is 1.15. The van der Waals surface area contributed by atoms with Crippen molar-refractivity contribution in [1.82, 2.24) is 5.43 Å². The summed E-state index contributed by atoms with van der Waals surface area (Å²) in [6, 6.07) is 11.2. The molecular formula is C22H19F3N2O4S. The number of thiophene rings is 1. The molecule has 0 saturated carbocycles. The van der Waals surface area contributed by atoms with Crippen molar-refractivity contribution in [3.8, 4) is 11.5 Å². The van der Waals surface area contributed by atoms with Crippen LogP contribution in [-0.4, -0.2) is 37.8 Å². The lowest BCUT2D eigenvalue weighted by Gasteiger charge is -2.10. The van der Waals surface area contributed by atoms with Crippen LogP contribution in [0.3, 0.4) is 0 Å². The zero-order chi connectivity index (χ0) is 23.3. The first kappa shape index (κ1) is 23.3. The van der Waals surface area contributed by atoms with Crippen molar-refractivity contribution in [2.45, 2.75) is 19.0 Å². The second-order valence-electron chi connectivity index (χ2n) is 6.63. The van der Waals surface area contributed by atoms with Gasteiger partial charge in [0.05, 0.1) is 14.2 Å². The van der Waals surface area contributed by atoms with E-state index in [-0.39, 0.29) is 24.2 Å². The number of methoxy groups -OCH3 is 2. The lowest BCUT2D eigenvalue weighted by atomic mass is 10.1. The number of halogens is 3. The first-order chi connectivity index (χ1) is 15.2. The van der Waals surface area contributed by atoms with Gasteiger partial charge in [0.1, 0.15) is 0 Å². The Morgan fingerprint density at radius 1 is 1.03 bits per heavy atom. The van der Waals surface area contributed by atoms with Gasteiger partial charge in [-0.05, 0) is 24.3 Å². The molecule has 3 rings (SSSR count). The molecule has 0 aliphatic carbocycles. The van der Waals surface area contributed by atoms with Crippen LogP contribution in [0.25, 0.3) is 10.1 Å². The van der Waals surface area contributed by atoms with Crippen molar-refractivity contribution in [3.63, 3.8) is 0 Å². The molecule has 1 N–H and O–H groups in total. The van der Waals surface area contributed by atoms with Gasteiger partial charge >= 0.3 is 6.18 Å². The lowest BCUT2D eigenvalue weighted by Crippen LogP contribution is -2.29. The summed E-state index contributed by atoms with van der Waals surface area (Å²) in [6.07, 6.45) is -5.31. The maximum Gasteiger partial charge on any atom is 0.435 e. The minimum atomic E-state index is -4.77. The highest BCUT2D eigenvalue weighted by Gasteiger charge is 2.38. The standard InChI is InChI=1S/C22H19F3N2O4S/c1-30-17-9-7-13(11-18(17)31-2)16(28)8-10-20(29)26-27-21(22(23,24)25)15-12-32-19-6-4-3-5-14(15)19/h3-7,9,11-12H,8,10H2,1-2H3,(H,26,29)/b27-21-. The number of hydrazone groups is 1. The number of carbonyl (C=O) groups excluding carboxylic acids is 2. The number of ether oxygens (including phenoxy) is 2. The number of hydrogen-bond acceptors (Lipinski definition) is 6. The molecule has 3 aromatic rings. The average Bonchev–Trinajstić information content (AvgIpc) is 3.20. The maximum absolute atomic E-state index is 13.6. The average molecular weight is 464 g/mol. The van der Waals surface area contributed by atoms with Crippen LogP contribution in [-0.2, 0) is 4.79 Å². The highest BCUT2D eigenvalue weighted by atomic mass is 32.1. The Hall–Kier alpha value is -3.40. The number of rotatable bonds is 8. The molecule has 0 spiro atoms. The minimum absolute atomic E-state index is 0.111.